The molecular weight excluding hydrogens is 282 g/mol. The fourth-order valence-electron chi connectivity index (χ4n) is 1.74. The number of nitrogens with zero attached hydrogens (tertiary/aromatic N) is 1. The van der Waals surface area contributed by atoms with Gasteiger partial charge in [0.2, 0.25) is 10.0 Å². The Kier molecular flexibility index (Phi) is 6.12. The molecule has 0 aromatic heterocycles. The number of aliphatic hydroxyl groups is 1. The number of unbranched alkanes of at least 4 members (excludes halogenated alkanes) is 1. The maximum atomic E-state index is 12.4. The van der Waals surface area contributed by atoms with Crippen molar-refractivity contribution in [3.8, 4) is 0 Å². The Morgan fingerprint density at radius 1 is 1.30 bits per heavy atom. The fraction of sp³-hybridized carbons (Fsp3) is 0.462. The Labute approximate surface area is 118 Å². The number of sulfonamides is 1. The van der Waals surface area contributed by atoms with Crippen LogP contribution in [-0.4, -0.2) is 48.6 Å². The summed E-state index contributed by atoms with van der Waals surface area (Å²) in [6, 6.07) is 5.23. The Bertz CT molecular complexity index is 556. The van der Waals surface area contributed by atoms with E-state index >= 15 is 0 Å². The summed E-state index contributed by atoms with van der Waals surface area (Å²) < 4.78 is 26.0. The van der Waals surface area contributed by atoms with E-state index in [4.69, 9.17) is 10.2 Å². The van der Waals surface area contributed by atoms with Gasteiger partial charge in [-0.25, -0.2) is 13.2 Å². The first-order valence-corrected chi connectivity index (χ1v) is 7.81. The van der Waals surface area contributed by atoms with E-state index in [9.17, 15) is 13.2 Å². The molecule has 0 fully saturated rings. The van der Waals surface area contributed by atoms with Crippen LogP contribution in [0.5, 0.6) is 0 Å². The number of carboxylic acid groups (broad SMARTS) is 1. The first-order valence-electron chi connectivity index (χ1n) is 6.37. The topological polar surface area (TPSA) is 94.9 Å². The van der Waals surface area contributed by atoms with Crippen LogP contribution < -0.4 is 0 Å². The van der Waals surface area contributed by atoms with Crippen LogP contribution in [0.4, 0.5) is 0 Å². The third-order valence-corrected chi connectivity index (χ3v) is 4.72. The second-order valence-corrected chi connectivity index (χ2v) is 6.25. The van der Waals surface area contributed by atoms with E-state index in [1.54, 1.807) is 0 Å². The molecule has 0 saturated carbocycles. The first kappa shape index (κ1) is 16.6. The van der Waals surface area contributed by atoms with Crippen molar-refractivity contribution in [2.24, 2.45) is 0 Å². The van der Waals surface area contributed by atoms with Gasteiger partial charge in [-0.1, -0.05) is 19.4 Å². The van der Waals surface area contributed by atoms with Gasteiger partial charge in [-0.3, -0.25) is 0 Å². The molecule has 0 saturated heterocycles. The van der Waals surface area contributed by atoms with Crippen molar-refractivity contribution >= 4 is 16.0 Å². The number of aliphatic hydroxyl groups excluding tert-OH is 1. The van der Waals surface area contributed by atoms with Crippen molar-refractivity contribution in [2.45, 2.75) is 24.7 Å². The van der Waals surface area contributed by atoms with Gasteiger partial charge in [0.15, 0.2) is 0 Å². The van der Waals surface area contributed by atoms with Gasteiger partial charge in [0, 0.05) is 13.1 Å². The summed E-state index contributed by atoms with van der Waals surface area (Å²) in [6.07, 6.45) is 1.50. The van der Waals surface area contributed by atoms with Crippen molar-refractivity contribution in [1.82, 2.24) is 4.31 Å². The molecule has 1 aromatic carbocycles. The third kappa shape index (κ3) is 4.03. The van der Waals surface area contributed by atoms with Gasteiger partial charge in [-0.15, -0.1) is 0 Å². The monoisotopic (exact) mass is 301 g/mol. The number of aromatic carboxylic acids is 1. The number of hydrogen-bond acceptors (Lipinski definition) is 4. The molecule has 0 radical (unpaired) electrons. The van der Waals surface area contributed by atoms with Crippen molar-refractivity contribution < 1.29 is 23.4 Å². The molecule has 0 unspecified atom stereocenters. The summed E-state index contributed by atoms with van der Waals surface area (Å²) >= 11 is 0. The van der Waals surface area contributed by atoms with Crippen molar-refractivity contribution in [3.05, 3.63) is 29.8 Å². The maximum absolute atomic E-state index is 12.4. The summed E-state index contributed by atoms with van der Waals surface area (Å²) in [5.41, 5.74) is -0.0782. The number of hydrogen-bond donors (Lipinski definition) is 2. The highest BCUT2D eigenvalue weighted by molar-refractivity contribution is 7.89. The van der Waals surface area contributed by atoms with Crippen LogP contribution >= 0.6 is 0 Å². The van der Waals surface area contributed by atoms with Crippen molar-refractivity contribution in [1.29, 1.82) is 0 Å². The third-order valence-electron chi connectivity index (χ3n) is 2.83. The predicted octanol–water partition coefficient (Wildman–Crippen LogP) is 1.17. The summed E-state index contributed by atoms with van der Waals surface area (Å²) in [4.78, 5) is 10.8. The molecule has 20 heavy (non-hydrogen) atoms. The fourth-order valence-corrected chi connectivity index (χ4v) is 3.25. The summed E-state index contributed by atoms with van der Waals surface area (Å²) in [7, 11) is -3.78. The summed E-state index contributed by atoms with van der Waals surface area (Å²) in [5.74, 6) is -1.18. The van der Waals surface area contributed by atoms with Gasteiger partial charge in [-0.05, 0) is 24.6 Å². The van der Waals surface area contributed by atoms with Crippen LogP contribution in [0.15, 0.2) is 29.2 Å². The Hall–Kier alpha value is -1.44. The second kappa shape index (κ2) is 7.37. The van der Waals surface area contributed by atoms with Gasteiger partial charge in [0.05, 0.1) is 17.1 Å². The normalized spacial score (nSPS) is 11.8. The van der Waals surface area contributed by atoms with Crippen LogP contribution in [0.2, 0.25) is 0 Å². The Morgan fingerprint density at radius 3 is 2.55 bits per heavy atom. The second-order valence-electron chi connectivity index (χ2n) is 4.31. The number of carboxylic acids is 1. The molecule has 0 spiro atoms. The predicted molar refractivity (Wildman–Crippen MR) is 74.2 cm³/mol. The van der Waals surface area contributed by atoms with Crippen LogP contribution in [0.25, 0.3) is 0 Å². The average molecular weight is 301 g/mol. The van der Waals surface area contributed by atoms with Crippen LogP contribution in [-0.2, 0) is 10.0 Å². The molecule has 6 nitrogen and oxygen atoms in total. The first-order chi connectivity index (χ1) is 9.43. The van der Waals surface area contributed by atoms with E-state index in [-0.39, 0.29) is 23.6 Å². The lowest BCUT2D eigenvalue weighted by Crippen LogP contribution is -2.34. The zero-order chi connectivity index (χ0) is 15.2. The SMILES string of the molecule is CCCCN(CCO)S(=O)(=O)c1cccc(C(=O)O)c1. The van der Waals surface area contributed by atoms with Crippen LogP contribution in [0.1, 0.15) is 30.1 Å². The summed E-state index contributed by atoms with van der Waals surface area (Å²) in [5, 5.41) is 17.9. The van der Waals surface area contributed by atoms with Crippen LogP contribution in [0, 0.1) is 0 Å². The molecule has 0 atom stereocenters. The number of rotatable bonds is 8. The Balaban J connectivity index is 3.11. The molecule has 112 valence electrons. The van der Waals surface area contributed by atoms with Crippen molar-refractivity contribution in [2.75, 3.05) is 19.7 Å². The molecule has 2 N–H and O–H groups in total. The van der Waals surface area contributed by atoms with E-state index in [0.717, 1.165) is 12.5 Å². The standard InChI is InChI=1S/C13H19NO5S/c1-2-3-7-14(8-9-15)20(18,19)12-6-4-5-11(10-12)13(16)17/h4-6,10,15H,2-3,7-9H2,1H3,(H,16,17). The minimum absolute atomic E-state index is 0.000365. The van der Waals surface area contributed by atoms with E-state index in [1.165, 1.54) is 22.5 Å². The maximum Gasteiger partial charge on any atom is 0.335 e. The van der Waals surface area contributed by atoms with Gasteiger partial charge in [-0.2, -0.15) is 4.31 Å². The zero-order valence-corrected chi connectivity index (χ0v) is 12.1. The molecule has 7 heteroatoms. The van der Waals surface area contributed by atoms with Gasteiger partial charge < -0.3 is 10.2 Å². The van der Waals surface area contributed by atoms with Gasteiger partial charge in [0.1, 0.15) is 0 Å². The van der Waals surface area contributed by atoms with E-state index < -0.39 is 16.0 Å². The lowest BCUT2D eigenvalue weighted by Gasteiger charge is -2.21. The summed E-state index contributed by atoms with van der Waals surface area (Å²) in [6.45, 7) is 1.96. The molecule has 0 amide bonds. The molecule has 0 aliphatic carbocycles. The molecule has 0 aliphatic rings. The van der Waals surface area contributed by atoms with Crippen molar-refractivity contribution in [3.63, 3.8) is 0 Å². The minimum atomic E-state index is -3.78. The Morgan fingerprint density at radius 2 is 2.00 bits per heavy atom. The minimum Gasteiger partial charge on any atom is -0.478 e. The molecule has 0 aliphatic heterocycles. The zero-order valence-electron chi connectivity index (χ0n) is 11.3. The molecule has 1 aromatic rings. The smallest absolute Gasteiger partial charge is 0.335 e. The highest BCUT2D eigenvalue weighted by Gasteiger charge is 2.24. The number of benzene rings is 1. The number of carbonyl (C=O) groups is 1. The van der Waals surface area contributed by atoms with Crippen LogP contribution in [0.3, 0.4) is 0 Å². The lowest BCUT2D eigenvalue weighted by atomic mass is 10.2. The highest BCUT2D eigenvalue weighted by atomic mass is 32.2. The van der Waals surface area contributed by atoms with E-state index in [1.807, 2.05) is 6.92 Å². The van der Waals surface area contributed by atoms with E-state index in [0.29, 0.717) is 13.0 Å². The average Bonchev–Trinajstić information content (AvgIpc) is 2.43. The van der Waals surface area contributed by atoms with E-state index in [2.05, 4.69) is 0 Å². The quantitative estimate of drug-likeness (QED) is 0.751. The largest absolute Gasteiger partial charge is 0.478 e. The van der Waals surface area contributed by atoms with Gasteiger partial charge in [0.25, 0.3) is 0 Å². The molecule has 1 rings (SSSR count). The molecular formula is C13H19NO5S. The lowest BCUT2D eigenvalue weighted by molar-refractivity contribution is 0.0696. The molecule has 0 heterocycles. The molecule has 0 bridgehead atoms. The highest BCUT2D eigenvalue weighted by Crippen LogP contribution is 2.17. The van der Waals surface area contributed by atoms with Gasteiger partial charge >= 0.3 is 5.97 Å².